The third-order valence-corrected chi connectivity index (χ3v) is 7.91. The number of anilines is 2. The van der Waals surface area contributed by atoms with Crippen molar-refractivity contribution >= 4 is 39.9 Å². The third-order valence-electron chi connectivity index (χ3n) is 7.91. The fourth-order valence-corrected chi connectivity index (χ4v) is 6.80. The van der Waals surface area contributed by atoms with E-state index in [0.717, 1.165) is 34.9 Å². The molecule has 0 aromatic heterocycles. The van der Waals surface area contributed by atoms with Crippen LogP contribution in [0.3, 0.4) is 0 Å². The Bertz CT molecular complexity index is 1350. The standard InChI is InChI=1S/C26H21N3O3/c30-23-21-20-13-6-14-28(20)26(17-10-3-4-11-18(17)27-25(26)32)22(21)24(31)29(23)19-12-5-8-15-7-1-2-9-16(15)19/h1-5,7-12,20-22H,6,13-14H2,(H,27,32). The minimum absolute atomic E-state index is 0.103. The van der Waals surface area contributed by atoms with Crippen LogP contribution < -0.4 is 10.2 Å². The number of rotatable bonds is 1. The number of fused-ring (bicyclic) bond motifs is 8. The molecule has 0 radical (unpaired) electrons. The van der Waals surface area contributed by atoms with E-state index >= 15 is 0 Å². The lowest BCUT2D eigenvalue weighted by Crippen LogP contribution is -2.54. The van der Waals surface area contributed by atoms with Crippen molar-refractivity contribution in [2.24, 2.45) is 11.8 Å². The zero-order valence-corrected chi connectivity index (χ0v) is 17.3. The highest BCUT2D eigenvalue weighted by molar-refractivity contribution is 6.28. The molecule has 4 aliphatic rings. The van der Waals surface area contributed by atoms with Crippen LogP contribution in [0.15, 0.2) is 66.7 Å². The van der Waals surface area contributed by atoms with Gasteiger partial charge in [0.1, 0.15) is 5.54 Å². The molecule has 158 valence electrons. The highest BCUT2D eigenvalue weighted by atomic mass is 16.2. The number of carbonyl (C=O) groups is 3. The Morgan fingerprint density at radius 2 is 1.66 bits per heavy atom. The molecule has 0 bridgehead atoms. The molecule has 3 fully saturated rings. The van der Waals surface area contributed by atoms with E-state index in [4.69, 9.17) is 0 Å². The molecule has 4 atom stereocenters. The second kappa shape index (κ2) is 6.04. The van der Waals surface area contributed by atoms with Crippen LogP contribution in [0.25, 0.3) is 10.8 Å². The molecule has 3 amide bonds. The maximum atomic E-state index is 14.1. The van der Waals surface area contributed by atoms with Gasteiger partial charge in [0.2, 0.25) is 17.7 Å². The number of carbonyl (C=O) groups excluding carboxylic acids is 3. The minimum atomic E-state index is -1.12. The first kappa shape index (κ1) is 18.1. The Morgan fingerprint density at radius 3 is 2.56 bits per heavy atom. The molecule has 1 N–H and O–H groups in total. The van der Waals surface area contributed by atoms with Gasteiger partial charge in [0, 0.05) is 22.7 Å². The molecule has 32 heavy (non-hydrogen) atoms. The van der Waals surface area contributed by atoms with E-state index in [1.165, 1.54) is 4.90 Å². The highest BCUT2D eigenvalue weighted by Gasteiger charge is 2.74. The molecule has 3 aromatic rings. The van der Waals surface area contributed by atoms with Gasteiger partial charge in [-0.1, -0.05) is 54.6 Å². The number of imide groups is 1. The van der Waals surface area contributed by atoms with Gasteiger partial charge in [0.25, 0.3) is 0 Å². The molecule has 4 unspecified atom stereocenters. The van der Waals surface area contributed by atoms with E-state index < -0.39 is 17.4 Å². The predicted molar refractivity (Wildman–Crippen MR) is 120 cm³/mol. The number of nitrogens with zero attached hydrogens (tertiary/aromatic N) is 2. The Morgan fingerprint density at radius 1 is 0.875 bits per heavy atom. The summed E-state index contributed by atoms with van der Waals surface area (Å²) in [7, 11) is 0. The molecule has 4 heterocycles. The quantitative estimate of drug-likeness (QED) is 0.610. The Balaban J connectivity index is 1.45. The molecule has 0 saturated carbocycles. The summed E-state index contributed by atoms with van der Waals surface area (Å²) in [6.07, 6.45) is 1.74. The summed E-state index contributed by atoms with van der Waals surface area (Å²) < 4.78 is 0. The normalized spacial score (nSPS) is 30.8. The monoisotopic (exact) mass is 423 g/mol. The van der Waals surface area contributed by atoms with E-state index in [-0.39, 0.29) is 23.8 Å². The maximum absolute atomic E-state index is 14.1. The molecular formula is C26H21N3O3. The summed E-state index contributed by atoms with van der Waals surface area (Å²) in [4.78, 5) is 45.1. The predicted octanol–water partition coefficient (Wildman–Crippen LogP) is 3.27. The zero-order valence-electron chi connectivity index (χ0n) is 17.3. The molecule has 0 aliphatic carbocycles. The van der Waals surface area contributed by atoms with Gasteiger partial charge in [-0.25, -0.2) is 4.90 Å². The van der Waals surface area contributed by atoms with Crippen LogP contribution in [-0.2, 0) is 19.9 Å². The molecule has 1 spiro atoms. The van der Waals surface area contributed by atoms with Crippen LogP contribution in [0.4, 0.5) is 11.4 Å². The number of benzene rings is 3. The van der Waals surface area contributed by atoms with E-state index in [1.54, 1.807) is 0 Å². The van der Waals surface area contributed by atoms with Gasteiger partial charge in [-0.3, -0.25) is 19.3 Å². The van der Waals surface area contributed by atoms with Crippen LogP contribution in [-0.4, -0.2) is 35.2 Å². The first-order chi connectivity index (χ1) is 15.6. The molecule has 3 aromatic carbocycles. The molecule has 4 aliphatic heterocycles. The van der Waals surface area contributed by atoms with E-state index in [1.807, 2.05) is 66.7 Å². The van der Waals surface area contributed by atoms with Gasteiger partial charge in [-0.15, -0.1) is 0 Å². The van der Waals surface area contributed by atoms with Crippen LogP contribution >= 0.6 is 0 Å². The smallest absolute Gasteiger partial charge is 0.250 e. The summed E-state index contributed by atoms with van der Waals surface area (Å²) >= 11 is 0. The van der Waals surface area contributed by atoms with E-state index in [0.29, 0.717) is 12.2 Å². The van der Waals surface area contributed by atoms with E-state index in [2.05, 4.69) is 10.2 Å². The first-order valence-electron chi connectivity index (χ1n) is 11.2. The Hall–Kier alpha value is -3.51. The number of hydrogen-bond acceptors (Lipinski definition) is 4. The summed E-state index contributed by atoms with van der Waals surface area (Å²) in [6, 6.07) is 21.0. The van der Waals surface area contributed by atoms with Crippen molar-refractivity contribution in [1.29, 1.82) is 0 Å². The largest absolute Gasteiger partial charge is 0.324 e. The summed E-state index contributed by atoms with van der Waals surface area (Å²) in [5, 5.41) is 4.85. The number of hydrogen-bond donors (Lipinski definition) is 1. The van der Waals surface area contributed by atoms with Gasteiger partial charge in [0.15, 0.2) is 0 Å². The van der Waals surface area contributed by atoms with Gasteiger partial charge in [-0.2, -0.15) is 0 Å². The molecule has 7 rings (SSSR count). The lowest BCUT2D eigenvalue weighted by Gasteiger charge is -2.36. The van der Waals surface area contributed by atoms with Gasteiger partial charge < -0.3 is 5.32 Å². The Labute approximate surface area is 184 Å². The van der Waals surface area contributed by atoms with Gasteiger partial charge >= 0.3 is 0 Å². The second-order valence-corrected chi connectivity index (χ2v) is 9.18. The number of para-hydroxylation sites is 1. The first-order valence-corrected chi connectivity index (χ1v) is 11.2. The van der Waals surface area contributed by atoms with Crippen molar-refractivity contribution in [3.63, 3.8) is 0 Å². The lowest BCUT2D eigenvalue weighted by atomic mass is 9.75. The molecule has 6 heteroatoms. The fourth-order valence-electron chi connectivity index (χ4n) is 6.80. The van der Waals surface area contributed by atoms with Crippen molar-refractivity contribution in [3.8, 4) is 0 Å². The second-order valence-electron chi connectivity index (χ2n) is 9.18. The fraction of sp³-hybridized carbons (Fsp3) is 0.269. The SMILES string of the molecule is O=C1C2C3CCCN3C3(C(=O)Nc4ccccc43)C2C(=O)N1c1cccc2ccccc12. The Kier molecular flexibility index (Phi) is 3.42. The van der Waals surface area contributed by atoms with Gasteiger partial charge in [-0.05, 0) is 36.9 Å². The number of amides is 3. The van der Waals surface area contributed by atoms with Gasteiger partial charge in [0.05, 0.1) is 17.5 Å². The number of nitrogens with one attached hydrogen (secondary N) is 1. The van der Waals surface area contributed by atoms with Crippen LogP contribution in [0.2, 0.25) is 0 Å². The van der Waals surface area contributed by atoms with Crippen LogP contribution in [0.5, 0.6) is 0 Å². The third kappa shape index (κ3) is 1.93. The summed E-state index contributed by atoms with van der Waals surface area (Å²) in [5.41, 5.74) is 1.06. The van der Waals surface area contributed by atoms with Crippen molar-refractivity contribution in [3.05, 3.63) is 72.3 Å². The average Bonchev–Trinajstić information content (AvgIpc) is 3.52. The average molecular weight is 423 g/mol. The van der Waals surface area contributed by atoms with Crippen molar-refractivity contribution in [1.82, 2.24) is 4.90 Å². The minimum Gasteiger partial charge on any atom is -0.324 e. The lowest BCUT2D eigenvalue weighted by molar-refractivity contribution is -0.135. The zero-order chi connectivity index (χ0) is 21.6. The molecular weight excluding hydrogens is 402 g/mol. The molecule has 6 nitrogen and oxygen atoms in total. The van der Waals surface area contributed by atoms with Crippen molar-refractivity contribution in [2.45, 2.75) is 24.4 Å². The topological polar surface area (TPSA) is 69.7 Å². The maximum Gasteiger partial charge on any atom is 0.250 e. The summed E-state index contributed by atoms with van der Waals surface area (Å²) in [5.74, 6) is -1.86. The van der Waals surface area contributed by atoms with E-state index in [9.17, 15) is 14.4 Å². The highest BCUT2D eigenvalue weighted by Crippen LogP contribution is 2.60. The molecule has 3 saturated heterocycles. The van der Waals surface area contributed by atoms with Crippen molar-refractivity contribution < 1.29 is 14.4 Å². The van der Waals surface area contributed by atoms with Crippen molar-refractivity contribution in [2.75, 3.05) is 16.8 Å². The summed E-state index contributed by atoms with van der Waals surface area (Å²) in [6.45, 7) is 0.717. The van der Waals surface area contributed by atoms with Crippen LogP contribution in [0.1, 0.15) is 18.4 Å². The van der Waals surface area contributed by atoms with Crippen LogP contribution in [0, 0.1) is 11.8 Å².